The van der Waals surface area contributed by atoms with Crippen LogP contribution in [0.15, 0.2) is 59.5 Å². The van der Waals surface area contributed by atoms with Crippen molar-refractivity contribution in [3.05, 3.63) is 75.7 Å². The molecule has 1 aromatic heterocycles. The molecule has 0 bridgehead atoms. The lowest BCUT2D eigenvalue weighted by molar-refractivity contribution is 0.768. The maximum absolute atomic E-state index is 12.4. The number of anilines is 1. The predicted octanol–water partition coefficient (Wildman–Crippen LogP) is 3.29. The van der Waals surface area contributed by atoms with Crippen molar-refractivity contribution in [2.75, 3.05) is 5.73 Å². The predicted molar refractivity (Wildman–Crippen MR) is 83.2 cm³/mol. The number of halogens is 1. The van der Waals surface area contributed by atoms with Crippen LogP contribution in [0.4, 0.5) is 5.69 Å². The first kappa shape index (κ1) is 12.8. The van der Waals surface area contributed by atoms with Crippen LogP contribution in [0, 0.1) is 0 Å². The van der Waals surface area contributed by atoms with E-state index in [2.05, 4.69) is 0 Å². The summed E-state index contributed by atoms with van der Waals surface area (Å²) in [5, 5.41) is 2.16. The lowest BCUT2D eigenvalue weighted by Crippen LogP contribution is -2.19. The van der Waals surface area contributed by atoms with Crippen LogP contribution in [0.1, 0.15) is 5.56 Å². The third-order valence-corrected chi connectivity index (χ3v) is 3.51. The maximum Gasteiger partial charge on any atom is 0.258 e. The van der Waals surface area contributed by atoms with Crippen molar-refractivity contribution in [1.29, 1.82) is 0 Å². The average Bonchev–Trinajstić information content (AvgIpc) is 2.44. The molecule has 0 spiro atoms. The van der Waals surface area contributed by atoms with E-state index in [0.717, 1.165) is 10.9 Å². The minimum atomic E-state index is -0.0176. The quantitative estimate of drug-likeness (QED) is 0.734. The van der Waals surface area contributed by atoms with Crippen molar-refractivity contribution in [2.24, 2.45) is 0 Å². The highest BCUT2D eigenvalue weighted by Gasteiger charge is 2.04. The first-order valence-corrected chi connectivity index (χ1v) is 6.64. The second-order valence-electron chi connectivity index (χ2n) is 4.72. The Morgan fingerprint density at radius 1 is 1.05 bits per heavy atom. The summed E-state index contributed by atoms with van der Waals surface area (Å²) in [6.45, 7) is 0.525. The van der Waals surface area contributed by atoms with Crippen molar-refractivity contribution in [1.82, 2.24) is 4.57 Å². The number of hydrogen-bond donors (Lipinski definition) is 1. The summed E-state index contributed by atoms with van der Waals surface area (Å²) < 4.78 is 1.68. The number of hydrogen-bond acceptors (Lipinski definition) is 2. The van der Waals surface area contributed by atoms with Gasteiger partial charge in [-0.05, 0) is 47.3 Å². The molecule has 100 valence electrons. The van der Waals surface area contributed by atoms with Crippen molar-refractivity contribution >= 4 is 28.1 Å². The number of nitrogens with two attached hydrogens (primary N) is 1. The standard InChI is InChI=1S/C16H13ClN2O/c17-13-3-6-15-12(9-13)7-8-19(16(15)20)10-11-1-4-14(18)5-2-11/h1-9H,10,18H2. The first-order chi connectivity index (χ1) is 9.63. The van der Waals surface area contributed by atoms with Gasteiger partial charge in [-0.2, -0.15) is 0 Å². The van der Waals surface area contributed by atoms with Crippen LogP contribution >= 0.6 is 11.6 Å². The zero-order valence-corrected chi connectivity index (χ0v) is 11.5. The Balaban J connectivity index is 2.04. The van der Waals surface area contributed by atoms with Crippen molar-refractivity contribution in [3.63, 3.8) is 0 Å². The van der Waals surface area contributed by atoms with E-state index in [4.69, 9.17) is 17.3 Å². The van der Waals surface area contributed by atoms with Crippen LogP contribution in [0.5, 0.6) is 0 Å². The molecule has 0 saturated heterocycles. The summed E-state index contributed by atoms with van der Waals surface area (Å²) >= 11 is 5.93. The molecule has 0 saturated carbocycles. The smallest absolute Gasteiger partial charge is 0.258 e. The fraction of sp³-hybridized carbons (Fsp3) is 0.0625. The molecule has 0 aliphatic carbocycles. The molecule has 0 aliphatic rings. The summed E-state index contributed by atoms with van der Waals surface area (Å²) in [5.74, 6) is 0. The number of benzene rings is 2. The molecule has 0 atom stereocenters. The Hall–Kier alpha value is -2.26. The van der Waals surface area contributed by atoms with Gasteiger partial charge in [-0.15, -0.1) is 0 Å². The van der Waals surface area contributed by atoms with E-state index in [1.807, 2.05) is 30.3 Å². The third-order valence-electron chi connectivity index (χ3n) is 3.27. The Bertz CT molecular complexity index is 822. The normalized spacial score (nSPS) is 10.8. The molecule has 0 aliphatic heterocycles. The topological polar surface area (TPSA) is 48.0 Å². The second-order valence-corrected chi connectivity index (χ2v) is 5.16. The lowest BCUT2D eigenvalue weighted by Gasteiger charge is -2.08. The van der Waals surface area contributed by atoms with E-state index in [1.165, 1.54) is 0 Å². The molecular weight excluding hydrogens is 272 g/mol. The second kappa shape index (κ2) is 5.02. The fourth-order valence-corrected chi connectivity index (χ4v) is 2.38. The van der Waals surface area contributed by atoms with Gasteiger partial charge >= 0.3 is 0 Å². The Kier molecular flexibility index (Phi) is 3.20. The van der Waals surface area contributed by atoms with Gasteiger partial charge < -0.3 is 10.3 Å². The SMILES string of the molecule is Nc1ccc(Cn2ccc3cc(Cl)ccc3c2=O)cc1. The van der Waals surface area contributed by atoms with E-state index < -0.39 is 0 Å². The van der Waals surface area contributed by atoms with Crippen molar-refractivity contribution in [3.8, 4) is 0 Å². The maximum atomic E-state index is 12.4. The molecule has 0 unspecified atom stereocenters. The van der Waals surface area contributed by atoms with Crippen molar-refractivity contribution < 1.29 is 0 Å². The molecule has 3 nitrogen and oxygen atoms in total. The van der Waals surface area contributed by atoms with Gasteiger partial charge in [0, 0.05) is 22.3 Å². The van der Waals surface area contributed by atoms with Crippen LogP contribution < -0.4 is 11.3 Å². The molecule has 2 N–H and O–H groups in total. The van der Waals surface area contributed by atoms with Gasteiger partial charge in [0.15, 0.2) is 0 Å². The average molecular weight is 285 g/mol. The van der Waals surface area contributed by atoms with Gasteiger partial charge in [-0.1, -0.05) is 23.7 Å². The molecule has 1 heterocycles. The van der Waals surface area contributed by atoms with E-state index in [0.29, 0.717) is 22.6 Å². The molecule has 3 rings (SSSR count). The van der Waals surface area contributed by atoms with Gasteiger partial charge in [0.05, 0.1) is 6.54 Å². The van der Waals surface area contributed by atoms with E-state index in [-0.39, 0.29) is 5.56 Å². The Morgan fingerprint density at radius 2 is 1.80 bits per heavy atom. The molecule has 20 heavy (non-hydrogen) atoms. The van der Waals surface area contributed by atoms with Gasteiger partial charge in [-0.25, -0.2) is 0 Å². The largest absolute Gasteiger partial charge is 0.399 e. The summed E-state index contributed by atoms with van der Waals surface area (Å²) in [7, 11) is 0. The third kappa shape index (κ3) is 2.40. The van der Waals surface area contributed by atoms with Crippen molar-refractivity contribution in [2.45, 2.75) is 6.54 Å². The van der Waals surface area contributed by atoms with Crippen LogP contribution in [0.3, 0.4) is 0 Å². The zero-order valence-electron chi connectivity index (χ0n) is 10.7. The number of nitrogens with zero attached hydrogens (tertiary/aromatic N) is 1. The molecular formula is C16H13ClN2O. The number of nitrogen functional groups attached to an aromatic ring is 1. The monoisotopic (exact) mass is 284 g/mol. The number of pyridine rings is 1. The summed E-state index contributed by atoms with van der Waals surface area (Å²) in [6.07, 6.45) is 1.79. The van der Waals surface area contributed by atoms with E-state index in [1.54, 1.807) is 29.0 Å². The van der Waals surface area contributed by atoms with Gasteiger partial charge in [0.25, 0.3) is 5.56 Å². The van der Waals surface area contributed by atoms with Crippen LogP contribution in [-0.2, 0) is 6.54 Å². The first-order valence-electron chi connectivity index (χ1n) is 6.26. The molecule has 2 aromatic carbocycles. The zero-order chi connectivity index (χ0) is 14.1. The van der Waals surface area contributed by atoms with Crippen LogP contribution in [0.25, 0.3) is 10.8 Å². The fourth-order valence-electron chi connectivity index (χ4n) is 2.20. The highest BCUT2D eigenvalue weighted by molar-refractivity contribution is 6.31. The van der Waals surface area contributed by atoms with Gasteiger partial charge in [-0.3, -0.25) is 4.79 Å². The molecule has 3 aromatic rings. The number of fused-ring (bicyclic) bond motifs is 1. The Morgan fingerprint density at radius 3 is 2.55 bits per heavy atom. The molecule has 0 amide bonds. The minimum Gasteiger partial charge on any atom is -0.399 e. The number of rotatable bonds is 2. The Labute approximate surface area is 121 Å². The summed E-state index contributed by atoms with van der Waals surface area (Å²) in [6, 6.07) is 14.7. The highest BCUT2D eigenvalue weighted by atomic mass is 35.5. The van der Waals surface area contributed by atoms with Gasteiger partial charge in [0.2, 0.25) is 0 Å². The highest BCUT2D eigenvalue weighted by Crippen LogP contribution is 2.16. The van der Waals surface area contributed by atoms with Crippen LogP contribution in [-0.4, -0.2) is 4.57 Å². The summed E-state index contributed by atoms with van der Waals surface area (Å²) in [5.41, 5.74) is 7.39. The summed E-state index contributed by atoms with van der Waals surface area (Å²) in [4.78, 5) is 12.4. The molecule has 4 heteroatoms. The molecule has 0 radical (unpaired) electrons. The van der Waals surface area contributed by atoms with E-state index >= 15 is 0 Å². The minimum absolute atomic E-state index is 0.0176. The van der Waals surface area contributed by atoms with Gasteiger partial charge in [0.1, 0.15) is 0 Å². The van der Waals surface area contributed by atoms with Crippen LogP contribution in [0.2, 0.25) is 5.02 Å². The van der Waals surface area contributed by atoms with E-state index in [9.17, 15) is 4.79 Å². The number of aromatic nitrogens is 1. The lowest BCUT2D eigenvalue weighted by atomic mass is 10.1. The molecule has 0 fully saturated rings.